The molecule has 1 N–H and O–H groups in total. The highest BCUT2D eigenvalue weighted by Gasteiger charge is 2.52. The predicted molar refractivity (Wildman–Crippen MR) is 92.2 cm³/mol. The van der Waals surface area contributed by atoms with Crippen LogP contribution in [0.2, 0.25) is 0 Å². The number of amides is 1. The largest absolute Gasteiger partial charge is 0.353 e. The summed E-state index contributed by atoms with van der Waals surface area (Å²) in [5, 5.41) is 2.91. The zero-order valence-corrected chi connectivity index (χ0v) is 14.9. The number of fused-ring (bicyclic) bond motifs is 3. The average molecular weight is 329 g/mol. The van der Waals surface area contributed by atoms with E-state index < -0.39 is 0 Å². The lowest BCUT2D eigenvalue weighted by atomic mass is 9.52. The van der Waals surface area contributed by atoms with Gasteiger partial charge in [0.05, 0.1) is 0 Å². The second-order valence-corrected chi connectivity index (χ2v) is 7.95. The molecule has 0 spiro atoms. The quantitative estimate of drug-likeness (QED) is 0.866. The standard InChI is InChI=1S/C20H27NO3/c1-12-10-17(23)19-16(15(12)6-4-13(2)22)7-5-14-11-18(24)21-9-8-20(14,19)3/h10-11,15-16,19H,4-9H2,1-3H3,(H,21,24)/t15-,16+,19-,20+/m1/s1. The van der Waals surface area contributed by atoms with Gasteiger partial charge < -0.3 is 10.1 Å². The number of carbonyl (C=O) groups is 3. The van der Waals surface area contributed by atoms with Crippen molar-refractivity contribution in [3.63, 3.8) is 0 Å². The fraction of sp³-hybridized carbons (Fsp3) is 0.650. The van der Waals surface area contributed by atoms with Crippen LogP contribution in [-0.2, 0) is 14.4 Å². The summed E-state index contributed by atoms with van der Waals surface area (Å²) in [6.45, 7) is 6.44. The van der Waals surface area contributed by atoms with E-state index >= 15 is 0 Å². The van der Waals surface area contributed by atoms with Gasteiger partial charge in [0.15, 0.2) is 5.78 Å². The Hall–Kier alpha value is -1.71. The van der Waals surface area contributed by atoms with Crippen molar-refractivity contribution in [1.29, 1.82) is 0 Å². The molecule has 1 aliphatic heterocycles. The summed E-state index contributed by atoms with van der Waals surface area (Å²) in [7, 11) is 0. The molecule has 0 unspecified atom stereocenters. The normalized spacial score (nSPS) is 35.9. The van der Waals surface area contributed by atoms with E-state index in [9.17, 15) is 14.4 Å². The SMILES string of the molecule is CC(=O)CC[C@@H]1C(C)=CC(=O)[C@H]2[C@H]1CCC1=CC(=O)NCC[C@@]12C. The van der Waals surface area contributed by atoms with Crippen molar-refractivity contribution in [3.8, 4) is 0 Å². The van der Waals surface area contributed by atoms with Gasteiger partial charge in [-0.1, -0.05) is 18.1 Å². The van der Waals surface area contributed by atoms with E-state index in [1.54, 1.807) is 19.1 Å². The lowest BCUT2D eigenvalue weighted by molar-refractivity contribution is -0.127. The number of carbonyl (C=O) groups excluding carboxylic acids is 3. The summed E-state index contributed by atoms with van der Waals surface area (Å²) in [6, 6.07) is 0. The zero-order valence-electron chi connectivity index (χ0n) is 14.9. The van der Waals surface area contributed by atoms with Gasteiger partial charge in [-0.15, -0.1) is 0 Å². The highest BCUT2D eigenvalue weighted by atomic mass is 16.1. The van der Waals surface area contributed by atoms with Gasteiger partial charge >= 0.3 is 0 Å². The zero-order chi connectivity index (χ0) is 17.5. The maximum atomic E-state index is 12.9. The Labute approximate surface area is 143 Å². The number of rotatable bonds is 3. The molecular weight excluding hydrogens is 302 g/mol. The van der Waals surface area contributed by atoms with Crippen molar-refractivity contribution in [3.05, 3.63) is 23.3 Å². The minimum Gasteiger partial charge on any atom is -0.353 e. The molecule has 2 aliphatic carbocycles. The molecule has 130 valence electrons. The Morgan fingerprint density at radius 2 is 2.08 bits per heavy atom. The number of hydrogen-bond acceptors (Lipinski definition) is 3. The van der Waals surface area contributed by atoms with Crippen molar-refractivity contribution in [1.82, 2.24) is 5.32 Å². The third kappa shape index (κ3) is 2.87. The maximum absolute atomic E-state index is 12.9. The van der Waals surface area contributed by atoms with Crippen LogP contribution in [0.5, 0.6) is 0 Å². The van der Waals surface area contributed by atoms with Crippen LogP contribution in [0.3, 0.4) is 0 Å². The van der Waals surface area contributed by atoms with Crippen molar-refractivity contribution < 1.29 is 14.4 Å². The molecule has 0 bridgehead atoms. The minimum absolute atomic E-state index is 0.0321. The molecule has 1 amide bonds. The molecule has 0 radical (unpaired) electrons. The molecule has 0 aromatic rings. The molecule has 0 aromatic heterocycles. The summed E-state index contributed by atoms with van der Waals surface area (Å²) in [5.74, 6) is 0.919. The summed E-state index contributed by atoms with van der Waals surface area (Å²) < 4.78 is 0. The molecule has 1 fully saturated rings. The van der Waals surface area contributed by atoms with Gasteiger partial charge in [0.1, 0.15) is 5.78 Å². The minimum atomic E-state index is -0.245. The van der Waals surface area contributed by atoms with E-state index in [1.165, 1.54) is 0 Å². The first-order chi connectivity index (χ1) is 11.3. The van der Waals surface area contributed by atoms with E-state index in [4.69, 9.17) is 0 Å². The molecule has 3 rings (SSSR count). The Morgan fingerprint density at radius 3 is 2.79 bits per heavy atom. The third-order valence-electron chi connectivity index (χ3n) is 6.43. The monoisotopic (exact) mass is 329 g/mol. The van der Waals surface area contributed by atoms with Crippen molar-refractivity contribution >= 4 is 17.5 Å². The molecule has 1 saturated carbocycles. The fourth-order valence-corrected chi connectivity index (χ4v) is 5.17. The first-order valence-electron chi connectivity index (χ1n) is 9.03. The second kappa shape index (κ2) is 6.30. The van der Waals surface area contributed by atoms with Crippen molar-refractivity contribution in [2.45, 2.75) is 52.9 Å². The second-order valence-electron chi connectivity index (χ2n) is 7.95. The number of hydrogen-bond donors (Lipinski definition) is 1. The van der Waals surface area contributed by atoms with E-state index in [1.807, 2.05) is 6.92 Å². The molecule has 4 atom stereocenters. The van der Waals surface area contributed by atoms with Gasteiger partial charge in [0, 0.05) is 30.4 Å². The fourth-order valence-electron chi connectivity index (χ4n) is 5.17. The van der Waals surface area contributed by atoms with Crippen LogP contribution in [0.1, 0.15) is 52.9 Å². The summed E-state index contributed by atoms with van der Waals surface area (Å²) in [6.07, 6.45) is 7.56. The molecular formula is C20H27NO3. The van der Waals surface area contributed by atoms with Crippen LogP contribution >= 0.6 is 0 Å². The summed E-state index contributed by atoms with van der Waals surface area (Å²) in [5.41, 5.74) is 2.01. The Balaban J connectivity index is 1.97. The molecule has 4 nitrogen and oxygen atoms in total. The highest BCUT2D eigenvalue weighted by molar-refractivity contribution is 5.95. The van der Waals surface area contributed by atoms with Gasteiger partial charge in [-0.05, 0) is 57.4 Å². The lowest BCUT2D eigenvalue weighted by Crippen LogP contribution is -2.48. The molecule has 4 heteroatoms. The summed E-state index contributed by atoms with van der Waals surface area (Å²) in [4.78, 5) is 36.2. The topological polar surface area (TPSA) is 63.2 Å². The highest BCUT2D eigenvalue weighted by Crippen LogP contribution is 2.56. The van der Waals surface area contributed by atoms with Crippen LogP contribution in [0.25, 0.3) is 0 Å². The van der Waals surface area contributed by atoms with Crippen LogP contribution in [0.4, 0.5) is 0 Å². The van der Waals surface area contributed by atoms with E-state index in [2.05, 4.69) is 12.2 Å². The van der Waals surface area contributed by atoms with Gasteiger partial charge in [-0.3, -0.25) is 9.59 Å². The summed E-state index contributed by atoms with van der Waals surface area (Å²) >= 11 is 0. The van der Waals surface area contributed by atoms with Crippen molar-refractivity contribution in [2.24, 2.45) is 23.2 Å². The van der Waals surface area contributed by atoms with E-state index in [0.29, 0.717) is 18.9 Å². The van der Waals surface area contributed by atoms with Gasteiger partial charge in [-0.25, -0.2) is 0 Å². The predicted octanol–water partition coefficient (Wildman–Crippen LogP) is 2.98. The smallest absolute Gasteiger partial charge is 0.243 e. The maximum Gasteiger partial charge on any atom is 0.243 e. The van der Waals surface area contributed by atoms with Gasteiger partial charge in [0.25, 0.3) is 0 Å². The Bertz CT molecular complexity index is 645. The molecule has 3 aliphatic rings. The molecule has 0 aromatic carbocycles. The Morgan fingerprint density at radius 1 is 1.33 bits per heavy atom. The molecule has 0 saturated heterocycles. The molecule has 24 heavy (non-hydrogen) atoms. The van der Waals surface area contributed by atoms with Gasteiger partial charge in [0.2, 0.25) is 5.91 Å². The van der Waals surface area contributed by atoms with Crippen LogP contribution < -0.4 is 5.32 Å². The van der Waals surface area contributed by atoms with Crippen LogP contribution in [0.15, 0.2) is 23.3 Å². The number of ketones is 2. The van der Waals surface area contributed by atoms with Crippen LogP contribution in [0, 0.1) is 23.2 Å². The average Bonchev–Trinajstić information content (AvgIpc) is 2.63. The first-order valence-corrected chi connectivity index (χ1v) is 9.03. The third-order valence-corrected chi connectivity index (χ3v) is 6.43. The van der Waals surface area contributed by atoms with Gasteiger partial charge in [-0.2, -0.15) is 0 Å². The lowest BCUT2D eigenvalue weighted by Gasteiger charge is -2.51. The van der Waals surface area contributed by atoms with Crippen molar-refractivity contribution in [2.75, 3.05) is 6.54 Å². The van der Waals surface area contributed by atoms with E-state index in [0.717, 1.165) is 36.8 Å². The number of nitrogens with one attached hydrogen (secondary N) is 1. The first kappa shape index (κ1) is 17.1. The van der Waals surface area contributed by atoms with E-state index in [-0.39, 0.29) is 34.7 Å². The number of allylic oxidation sites excluding steroid dienone is 3. The Kier molecular flexibility index (Phi) is 4.50. The molecule has 1 heterocycles. The number of Topliss-reactive ketones (excluding diaryl/α,β-unsaturated/α-hetero) is 1. The van der Waals surface area contributed by atoms with Crippen LogP contribution in [-0.4, -0.2) is 24.0 Å².